The molecule has 172 valence electrons. The van der Waals surface area contributed by atoms with E-state index in [2.05, 4.69) is 10.6 Å². The first-order chi connectivity index (χ1) is 15.6. The first kappa shape index (κ1) is 23.4. The number of dihydropyridines is 1. The second-order valence-corrected chi connectivity index (χ2v) is 8.81. The lowest BCUT2D eigenvalue weighted by atomic mass is 9.75. The highest BCUT2D eigenvalue weighted by Gasteiger charge is 2.39. The molecule has 1 aliphatic heterocycles. The van der Waals surface area contributed by atoms with Crippen LogP contribution in [0, 0.1) is 0 Å². The molecule has 0 saturated carbocycles. The molecule has 0 aromatic heterocycles. The van der Waals surface area contributed by atoms with Crippen LogP contribution in [0.2, 0.25) is 10.0 Å². The van der Waals surface area contributed by atoms with Crippen molar-refractivity contribution in [1.29, 1.82) is 0 Å². The van der Waals surface area contributed by atoms with Gasteiger partial charge in [0.15, 0.2) is 5.78 Å². The lowest BCUT2D eigenvalue weighted by Crippen LogP contribution is -2.35. The van der Waals surface area contributed by atoms with E-state index in [4.69, 9.17) is 23.2 Å². The minimum atomic E-state index is -4.59. The number of allylic oxidation sites excluding steroid dienone is 3. The summed E-state index contributed by atoms with van der Waals surface area (Å²) in [6.07, 6.45) is -2.87. The van der Waals surface area contributed by atoms with Crippen LogP contribution in [0.15, 0.2) is 65.0 Å². The molecule has 0 radical (unpaired) electrons. The van der Waals surface area contributed by atoms with Crippen LogP contribution in [0.5, 0.6) is 0 Å². The monoisotopic (exact) mass is 494 g/mol. The molecule has 0 fully saturated rings. The highest BCUT2D eigenvalue weighted by molar-refractivity contribution is 6.34. The molecule has 0 unspecified atom stereocenters. The largest absolute Gasteiger partial charge is 0.416 e. The van der Waals surface area contributed by atoms with Crippen LogP contribution in [0.1, 0.15) is 43.2 Å². The third-order valence-electron chi connectivity index (χ3n) is 5.77. The summed E-state index contributed by atoms with van der Waals surface area (Å²) >= 11 is 12.1. The second-order valence-electron chi connectivity index (χ2n) is 7.96. The Morgan fingerprint density at radius 3 is 2.45 bits per heavy atom. The van der Waals surface area contributed by atoms with Gasteiger partial charge in [-0.05, 0) is 55.7 Å². The molecule has 2 aromatic carbocycles. The molecule has 1 aliphatic carbocycles. The van der Waals surface area contributed by atoms with E-state index in [1.54, 1.807) is 31.2 Å². The van der Waals surface area contributed by atoms with Crippen molar-refractivity contribution in [3.8, 4) is 0 Å². The molecular weight excluding hydrogens is 476 g/mol. The van der Waals surface area contributed by atoms with Crippen molar-refractivity contribution >= 4 is 40.6 Å². The van der Waals surface area contributed by atoms with Crippen molar-refractivity contribution < 1.29 is 22.8 Å². The minimum Gasteiger partial charge on any atom is -0.362 e. The van der Waals surface area contributed by atoms with Crippen molar-refractivity contribution in [2.75, 3.05) is 5.32 Å². The lowest BCUT2D eigenvalue weighted by Gasteiger charge is -2.34. The number of carbonyl (C=O) groups excluding carboxylic acids is 2. The molecule has 4 rings (SSSR count). The molecule has 0 bridgehead atoms. The second kappa shape index (κ2) is 8.88. The van der Waals surface area contributed by atoms with Crippen molar-refractivity contribution in [3.63, 3.8) is 0 Å². The highest BCUT2D eigenvalue weighted by atomic mass is 35.5. The zero-order chi connectivity index (χ0) is 23.9. The van der Waals surface area contributed by atoms with Crippen molar-refractivity contribution in [2.24, 2.45) is 0 Å². The SMILES string of the molecule is CC1=C(C(=O)Nc2cc(C(F)(F)F)ccc2Cl)[C@H](c2ccc(Cl)cc2)C2=C(CCCC2=O)N1. The number of benzene rings is 2. The molecule has 2 aromatic rings. The number of alkyl halides is 3. The third kappa shape index (κ3) is 4.66. The highest BCUT2D eigenvalue weighted by Crippen LogP contribution is 2.43. The molecular formula is C24H19Cl2F3N2O2. The number of hydrogen-bond donors (Lipinski definition) is 2. The topological polar surface area (TPSA) is 58.2 Å². The van der Waals surface area contributed by atoms with Crippen molar-refractivity contribution in [1.82, 2.24) is 5.32 Å². The maximum atomic E-state index is 13.4. The van der Waals surface area contributed by atoms with Gasteiger partial charge in [-0.3, -0.25) is 9.59 Å². The zero-order valence-corrected chi connectivity index (χ0v) is 19.0. The first-order valence-electron chi connectivity index (χ1n) is 10.2. The maximum absolute atomic E-state index is 13.4. The van der Waals surface area contributed by atoms with E-state index in [1.165, 1.54) is 0 Å². The lowest BCUT2D eigenvalue weighted by molar-refractivity contribution is -0.137. The standard InChI is InChI=1S/C24H19Cl2F3N2O2/c1-12-20(23(33)31-18-11-14(24(27,28)29)7-10-16(18)26)21(13-5-8-15(25)9-6-13)22-17(30-12)3-2-4-19(22)32/h5-11,21,30H,2-4H2,1H3,(H,31,33)/t21-/m0/s1. The average molecular weight is 495 g/mol. The van der Waals surface area contributed by atoms with Crippen LogP contribution in [0.4, 0.5) is 18.9 Å². The zero-order valence-electron chi connectivity index (χ0n) is 17.4. The Bertz CT molecular complexity index is 1200. The Labute approximate surface area is 198 Å². The van der Waals surface area contributed by atoms with E-state index in [1.807, 2.05) is 0 Å². The van der Waals surface area contributed by atoms with Gasteiger partial charge >= 0.3 is 6.18 Å². The fourth-order valence-electron chi connectivity index (χ4n) is 4.26. The fourth-order valence-corrected chi connectivity index (χ4v) is 4.55. The smallest absolute Gasteiger partial charge is 0.362 e. The Kier molecular flexibility index (Phi) is 6.29. The normalized spacial score (nSPS) is 18.7. The number of Topliss-reactive ketones (excluding diaryl/α,β-unsaturated/α-hetero) is 1. The van der Waals surface area contributed by atoms with E-state index in [0.29, 0.717) is 41.1 Å². The number of anilines is 1. The van der Waals surface area contributed by atoms with Gasteiger partial charge in [-0.2, -0.15) is 13.2 Å². The molecule has 0 spiro atoms. The third-order valence-corrected chi connectivity index (χ3v) is 6.35. The Balaban J connectivity index is 1.77. The molecule has 33 heavy (non-hydrogen) atoms. The summed E-state index contributed by atoms with van der Waals surface area (Å²) in [6, 6.07) is 9.54. The van der Waals surface area contributed by atoms with Crippen LogP contribution in [0.3, 0.4) is 0 Å². The summed E-state index contributed by atoms with van der Waals surface area (Å²) in [4.78, 5) is 26.3. The van der Waals surface area contributed by atoms with Gasteiger partial charge in [0.1, 0.15) is 0 Å². The Morgan fingerprint density at radius 2 is 1.79 bits per heavy atom. The number of ketones is 1. The molecule has 1 amide bonds. The van der Waals surface area contributed by atoms with Crippen molar-refractivity contribution in [3.05, 3.63) is 86.2 Å². The number of carbonyl (C=O) groups is 2. The Hall–Kier alpha value is -2.77. The minimum absolute atomic E-state index is 0.0324. The molecule has 1 atom stereocenters. The van der Waals surface area contributed by atoms with Crippen LogP contribution >= 0.6 is 23.2 Å². The number of halogens is 5. The summed E-state index contributed by atoms with van der Waals surface area (Å²) in [6.45, 7) is 1.70. The van der Waals surface area contributed by atoms with Crippen LogP contribution in [-0.4, -0.2) is 11.7 Å². The summed E-state index contributed by atoms with van der Waals surface area (Å²) in [5, 5.41) is 6.15. The van der Waals surface area contributed by atoms with Gasteiger partial charge in [0.25, 0.3) is 5.91 Å². The first-order valence-corrected chi connectivity index (χ1v) is 11.0. The molecule has 1 heterocycles. The van der Waals surface area contributed by atoms with E-state index < -0.39 is 23.6 Å². The molecule has 4 nitrogen and oxygen atoms in total. The van der Waals surface area contributed by atoms with Crippen LogP contribution < -0.4 is 10.6 Å². The van der Waals surface area contributed by atoms with Gasteiger partial charge < -0.3 is 10.6 Å². The van der Waals surface area contributed by atoms with Crippen LogP contribution in [-0.2, 0) is 15.8 Å². The van der Waals surface area contributed by atoms with Gasteiger partial charge in [0, 0.05) is 39.9 Å². The summed E-state index contributed by atoms with van der Waals surface area (Å²) in [5.41, 5.74) is 1.59. The molecule has 9 heteroatoms. The van der Waals surface area contributed by atoms with Crippen molar-refractivity contribution in [2.45, 2.75) is 38.3 Å². The molecule has 2 aliphatic rings. The van der Waals surface area contributed by atoms with Gasteiger partial charge in [-0.25, -0.2) is 0 Å². The fraction of sp³-hybridized carbons (Fsp3) is 0.250. The predicted molar refractivity (Wildman–Crippen MR) is 121 cm³/mol. The number of amides is 1. The maximum Gasteiger partial charge on any atom is 0.416 e. The predicted octanol–water partition coefficient (Wildman–Crippen LogP) is 6.62. The average Bonchev–Trinajstić information content (AvgIpc) is 2.74. The van der Waals surface area contributed by atoms with Gasteiger partial charge in [0.05, 0.1) is 16.3 Å². The Morgan fingerprint density at radius 1 is 1.09 bits per heavy atom. The molecule has 0 saturated heterocycles. The van der Waals surface area contributed by atoms with E-state index in [-0.39, 0.29) is 22.1 Å². The number of rotatable bonds is 3. The quantitative estimate of drug-likeness (QED) is 0.504. The van der Waals surface area contributed by atoms with E-state index in [0.717, 1.165) is 23.9 Å². The summed E-state index contributed by atoms with van der Waals surface area (Å²) in [5.74, 6) is -1.40. The van der Waals surface area contributed by atoms with Crippen LogP contribution in [0.25, 0.3) is 0 Å². The van der Waals surface area contributed by atoms with E-state index in [9.17, 15) is 22.8 Å². The summed E-state index contributed by atoms with van der Waals surface area (Å²) in [7, 11) is 0. The number of nitrogens with one attached hydrogen (secondary N) is 2. The number of hydrogen-bond acceptors (Lipinski definition) is 3. The van der Waals surface area contributed by atoms with E-state index >= 15 is 0 Å². The van der Waals surface area contributed by atoms with Gasteiger partial charge in [-0.1, -0.05) is 35.3 Å². The van der Waals surface area contributed by atoms with Gasteiger partial charge in [0.2, 0.25) is 0 Å². The molecule has 2 N–H and O–H groups in total. The summed E-state index contributed by atoms with van der Waals surface area (Å²) < 4.78 is 39.5. The van der Waals surface area contributed by atoms with Gasteiger partial charge in [-0.15, -0.1) is 0 Å².